The van der Waals surface area contributed by atoms with E-state index in [1.807, 2.05) is 19.1 Å². The SMILES string of the molecule is COc1ccc2cc([C@H](C)C(=O)NCC3(N4CCOCC4)CCCCC3)ccc2c1. The first-order valence-corrected chi connectivity index (χ1v) is 11.3. The van der Waals surface area contributed by atoms with Gasteiger partial charge in [-0.05, 0) is 48.2 Å². The Hall–Kier alpha value is -2.11. The summed E-state index contributed by atoms with van der Waals surface area (Å²) in [4.78, 5) is 15.6. The van der Waals surface area contributed by atoms with Gasteiger partial charge >= 0.3 is 0 Å². The lowest BCUT2D eigenvalue weighted by molar-refractivity contribution is -0.123. The molecule has 162 valence electrons. The molecule has 1 N–H and O–H groups in total. The van der Waals surface area contributed by atoms with E-state index in [2.05, 4.69) is 34.5 Å². The predicted octanol–water partition coefficient (Wildman–Crippen LogP) is 4.10. The average Bonchev–Trinajstić information content (AvgIpc) is 2.82. The normalized spacial score (nSPS) is 20.6. The standard InChI is InChI=1S/C25H34N2O3/c1-19(20-6-7-22-17-23(29-2)9-8-21(22)16-20)24(28)26-18-25(10-4-3-5-11-25)27-12-14-30-15-13-27/h6-9,16-17,19H,3-5,10-15,18H2,1-2H3,(H,26,28)/t19-/m0/s1. The molecule has 0 spiro atoms. The third-order valence-electron chi connectivity index (χ3n) is 7.02. The van der Waals surface area contributed by atoms with Crippen molar-refractivity contribution in [3.05, 3.63) is 42.0 Å². The molecule has 2 fully saturated rings. The molecule has 1 aliphatic heterocycles. The fourth-order valence-corrected chi connectivity index (χ4v) is 5.05. The molecule has 5 heteroatoms. The second kappa shape index (κ2) is 9.36. The maximum Gasteiger partial charge on any atom is 0.227 e. The van der Waals surface area contributed by atoms with E-state index >= 15 is 0 Å². The number of carbonyl (C=O) groups is 1. The van der Waals surface area contributed by atoms with Crippen LogP contribution in [0.5, 0.6) is 5.75 Å². The van der Waals surface area contributed by atoms with Crippen molar-refractivity contribution in [2.45, 2.75) is 50.5 Å². The zero-order valence-corrected chi connectivity index (χ0v) is 18.3. The minimum atomic E-state index is -0.179. The molecule has 0 bridgehead atoms. The summed E-state index contributed by atoms with van der Waals surface area (Å²) >= 11 is 0. The number of nitrogens with one attached hydrogen (secondary N) is 1. The number of rotatable bonds is 6. The summed E-state index contributed by atoms with van der Waals surface area (Å²) in [5.41, 5.74) is 1.14. The van der Waals surface area contributed by atoms with Crippen LogP contribution in [0.4, 0.5) is 0 Å². The lowest BCUT2D eigenvalue weighted by Gasteiger charge is -2.48. The van der Waals surface area contributed by atoms with Gasteiger partial charge in [0.15, 0.2) is 0 Å². The Morgan fingerprint density at radius 2 is 1.80 bits per heavy atom. The van der Waals surface area contributed by atoms with E-state index in [0.717, 1.165) is 54.9 Å². The zero-order chi connectivity index (χ0) is 21.0. The van der Waals surface area contributed by atoms with Crippen molar-refractivity contribution in [1.29, 1.82) is 0 Å². The van der Waals surface area contributed by atoms with Crippen molar-refractivity contribution >= 4 is 16.7 Å². The quantitative estimate of drug-likeness (QED) is 0.779. The van der Waals surface area contributed by atoms with Gasteiger partial charge < -0.3 is 14.8 Å². The fraction of sp³-hybridized carbons (Fsp3) is 0.560. The average molecular weight is 411 g/mol. The number of carbonyl (C=O) groups excluding carboxylic acids is 1. The molecular weight excluding hydrogens is 376 g/mol. The summed E-state index contributed by atoms with van der Waals surface area (Å²) in [6.45, 7) is 6.28. The molecule has 1 heterocycles. The van der Waals surface area contributed by atoms with Gasteiger partial charge in [-0.15, -0.1) is 0 Å². The number of benzene rings is 2. The Morgan fingerprint density at radius 1 is 1.10 bits per heavy atom. The Kier molecular flexibility index (Phi) is 6.59. The third kappa shape index (κ3) is 4.47. The lowest BCUT2D eigenvalue weighted by atomic mass is 9.79. The molecule has 0 aromatic heterocycles. The van der Waals surface area contributed by atoms with Crippen molar-refractivity contribution < 1.29 is 14.3 Å². The largest absolute Gasteiger partial charge is 0.497 e. The molecule has 1 saturated carbocycles. The summed E-state index contributed by atoms with van der Waals surface area (Å²) in [6, 6.07) is 12.3. The van der Waals surface area contributed by atoms with Crippen molar-refractivity contribution in [2.24, 2.45) is 0 Å². The molecule has 1 aliphatic carbocycles. The van der Waals surface area contributed by atoms with E-state index < -0.39 is 0 Å². The molecule has 1 amide bonds. The number of ether oxygens (including phenoxy) is 2. The Morgan fingerprint density at radius 3 is 2.53 bits per heavy atom. The van der Waals surface area contributed by atoms with Gasteiger partial charge in [-0.2, -0.15) is 0 Å². The number of fused-ring (bicyclic) bond motifs is 1. The number of hydrogen-bond donors (Lipinski definition) is 1. The van der Waals surface area contributed by atoms with E-state index in [1.54, 1.807) is 7.11 Å². The lowest BCUT2D eigenvalue weighted by Crippen LogP contribution is -2.59. The molecule has 1 atom stereocenters. The van der Waals surface area contributed by atoms with Crippen LogP contribution in [0.3, 0.4) is 0 Å². The van der Waals surface area contributed by atoms with Crippen molar-refractivity contribution in [1.82, 2.24) is 10.2 Å². The molecule has 30 heavy (non-hydrogen) atoms. The smallest absolute Gasteiger partial charge is 0.227 e. The van der Waals surface area contributed by atoms with Crippen molar-refractivity contribution in [2.75, 3.05) is 40.0 Å². The Balaban J connectivity index is 1.45. The van der Waals surface area contributed by atoms with Gasteiger partial charge in [-0.1, -0.05) is 43.5 Å². The van der Waals surface area contributed by atoms with E-state index in [1.165, 1.54) is 32.1 Å². The molecule has 1 saturated heterocycles. The number of hydrogen-bond acceptors (Lipinski definition) is 4. The van der Waals surface area contributed by atoms with Gasteiger partial charge in [0, 0.05) is 25.2 Å². The predicted molar refractivity (Wildman–Crippen MR) is 120 cm³/mol. The highest BCUT2D eigenvalue weighted by atomic mass is 16.5. The summed E-state index contributed by atoms with van der Waals surface area (Å²) < 4.78 is 10.9. The molecular formula is C25H34N2O3. The highest BCUT2D eigenvalue weighted by Crippen LogP contribution is 2.34. The van der Waals surface area contributed by atoms with Crippen molar-refractivity contribution in [3.8, 4) is 5.75 Å². The molecule has 2 aromatic carbocycles. The highest BCUT2D eigenvalue weighted by Gasteiger charge is 2.39. The van der Waals surface area contributed by atoms with Crippen molar-refractivity contribution in [3.63, 3.8) is 0 Å². The molecule has 2 aromatic rings. The number of nitrogens with zero attached hydrogens (tertiary/aromatic N) is 1. The Labute approximate surface area is 179 Å². The second-order valence-electron chi connectivity index (χ2n) is 8.80. The van der Waals surface area contributed by atoms with E-state index in [9.17, 15) is 4.79 Å². The summed E-state index contributed by atoms with van der Waals surface area (Å²) in [5, 5.41) is 5.57. The minimum absolute atomic E-state index is 0.0946. The third-order valence-corrected chi connectivity index (χ3v) is 7.02. The van der Waals surface area contributed by atoms with Gasteiger partial charge in [0.1, 0.15) is 5.75 Å². The highest BCUT2D eigenvalue weighted by molar-refractivity contribution is 5.88. The van der Waals surface area contributed by atoms with Crippen LogP contribution in [0.25, 0.3) is 10.8 Å². The summed E-state index contributed by atoms with van der Waals surface area (Å²) in [6.07, 6.45) is 6.13. The number of amides is 1. The van der Waals surface area contributed by atoms with Crippen LogP contribution in [-0.4, -0.2) is 56.3 Å². The maximum absolute atomic E-state index is 13.1. The summed E-state index contributed by atoms with van der Waals surface area (Å²) in [7, 11) is 1.68. The van der Waals surface area contributed by atoms with Gasteiger partial charge in [0.25, 0.3) is 0 Å². The van der Waals surface area contributed by atoms with E-state index in [-0.39, 0.29) is 17.4 Å². The van der Waals surface area contributed by atoms with Gasteiger partial charge in [0.2, 0.25) is 5.91 Å². The van der Waals surface area contributed by atoms with Crippen LogP contribution in [-0.2, 0) is 9.53 Å². The van der Waals surface area contributed by atoms with Crippen LogP contribution in [0, 0.1) is 0 Å². The minimum Gasteiger partial charge on any atom is -0.497 e. The zero-order valence-electron chi connectivity index (χ0n) is 18.3. The maximum atomic E-state index is 13.1. The Bertz CT molecular complexity index is 870. The first-order chi connectivity index (χ1) is 14.6. The van der Waals surface area contributed by atoms with Crippen LogP contribution in [0.1, 0.15) is 50.5 Å². The van der Waals surface area contributed by atoms with Crippen LogP contribution >= 0.6 is 0 Å². The monoisotopic (exact) mass is 410 g/mol. The van der Waals surface area contributed by atoms with Gasteiger partial charge in [-0.3, -0.25) is 9.69 Å². The second-order valence-corrected chi connectivity index (χ2v) is 8.80. The molecule has 4 rings (SSSR count). The number of methoxy groups -OCH3 is 1. The van der Waals surface area contributed by atoms with Crippen LogP contribution in [0.2, 0.25) is 0 Å². The van der Waals surface area contributed by atoms with Gasteiger partial charge in [0.05, 0.1) is 26.2 Å². The van der Waals surface area contributed by atoms with Crippen LogP contribution in [0.15, 0.2) is 36.4 Å². The molecule has 0 radical (unpaired) electrons. The van der Waals surface area contributed by atoms with Gasteiger partial charge in [-0.25, -0.2) is 0 Å². The van der Waals surface area contributed by atoms with E-state index in [0.29, 0.717) is 0 Å². The first-order valence-electron chi connectivity index (χ1n) is 11.3. The fourth-order valence-electron chi connectivity index (χ4n) is 5.05. The summed E-state index contributed by atoms with van der Waals surface area (Å²) in [5.74, 6) is 0.782. The first kappa shape index (κ1) is 21.1. The topological polar surface area (TPSA) is 50.8 Å². The molecule has 5 nitrogen and oxygen atoms in total. The van der Waals surface area contributed by atoms with Crippen LogP contribution < -0.4 is 10.1 Å². The number of morpholine rings is 1. The molecule has 2 aliphatic rings. The molecule has 0 unspecified atom stereocenters. The van der Waals surface area contributed by atoms with E-state index in [4.69, 9.17) is 9.47 Å².